The molecule has 0 radical (unpaired) electrons. The lowest BCUT2D eigenvalue weighted by molar-refractivity contribution is -0.130. The van der Waals surface area contributed by atoms with Crippen molar-refractivity contribution in [2.24, 2.45) is 0 Å². The maximum Gasteiger partial charge on any atom is 0.229 e. The highest BCUT2D eigenvalue weighted by Gasteiger charge is 2.17. The Morgan fingerprint density at radius 3 is 2.94 bits per heavy atom. The van der Waals surface area contributed by atoms with Gasteiger partial charge >= 0.3 is 0 Å². The molecule has 1 unspecified atom stereocenters. The van der Waals surface area contributed by atoms with Crippen molar-refractivity contribution in [3.05, 3.63) is 16.1 Å². The molecular weight excluding hydrogens is 288 g/mol. The molecule has 0 bridgehead atoms. The zero-order chi connectivity index (χ0) is 13.5. The molecule has 0 aromatic carbocycles. The van der Waals surface area contributed by atoms with Gasteiger partial charge in [-0.15, -0.1) is 22.9 Å². The van der Waals surface area contributed by atoms with Crippen LogP contribution < -0.4 is 0 Å². The van der Waals surface area contributed by atoms with Crippen LogP contribution in [0.3, 0.4) is 0 Å². The van der Waals surface area contributed by atoms with Crippen LogP contribution in [0, 0.1) is 0 Å². The Balaban J connectivity index is 2.48. The van der Waals surface area contributed by atoms with Gasteiger partial charge in [-0.25, -0.2) is 4.98 Å². The minimum atomic E-state index is 0.124. The summed E-state index contributed by atoms with van der Waals surface area (Å²) in [6.07, 6.45) is 3.48. The van der Waals surface area contributed by atoms with Gasteiger partial charge in [0.25, 0.3) is 0 Å². The molecule has 6 heteroatoms. The summed E-state index contributed by atoms with van der Waals surface area (Å²) < 4.78 is 0. The van der Waals surface area contributed by atoms with Crippen molar-refractivity contribution in [1.29, 1.82) is 0 Å². The van der Waals surface area contributed by atoms with Crippen LogP contribution in [-0.4, -0.2) is 40.9 Å². The second-order valence-electron chi connectivity index (χ2n) is 4.18. The molecule has 1 rings (SSSR count). The summed E-state index contributed by atoms with van der Waals surface area (Å²) in [5.41, 5.74) is 0.850. The number of rotatable bonds is 7. The number of hydrogen-bond donors (Lipinski definition) is 0. The third-order valence-corrected chi connectivity index (χ3v) is 4.65. The summed E-state index contributed by atoms with van der Waals surface area (Å²) in [4.78, 5) is 18.2. The van der Waals surface area contributed by atoms with E-state index in [2.05, 4.69) is 18.2 Å². The van der Waals surface area contributed by atoms with Crippen LogP contribution in [-0.2, 0) is 17.1 Å². The summed E-state index contributed by atoms with van der Waals surface area (Å²) in [5.74, 6) is 1.61. The fourth-order valence-electron chi connectivity index (χ4n) is 1.47. The SMILES string of the molecule is CSCCC(C)N(C)C(=O)Cc1nc(CCl)cs1. The van der Waals surface area contributed by atoms with Gasteiger partial charge in [0.2, 0.25) is 5.91 Å². The molecule has 0 saturated carbocycles. The van der Waals surface area contributed by atoms with E-state index in [0.29, 0.717) is 12.3 Å². The summed E-state index contributed by atoms with van der Waals surface area (Å²) in [7, 11) is 1.86. The maximum atomic E-state index is 12.1. The first-order valence-electron chi connectivity index (χ1n) is 5.82. The molecule has 1 heterocycles. The molecule has 1 atom stereocenters. The normalized spacial score (nSPS) is 12.4. The van der Waals surface area contributed by atoms with Crippen LogP contribution in [0.25, 0.3) is 0 Å². The number of likely N-dealkylation sites (N-methyl/N-ethyl adjacent to an activating group) is 1. The van der Waals surface area contributed by atoms with Gasteiger partial charge in [0.15, 0.2) is 0 Å². The van der Waals surface area contributed by atoms with Gasteiger partial charge in [0, 0.05) is 18.5 Å². The monoisotopic (exact) mass is 306 g/mol. The Labute approximate surface area is 122 Å². The molecule has 0 aliphatic rings. The highest BCUT2D eigenvalue weighted by atomic mass is 35.5. The third kappa shape index (κ3) is 4.78. The number of amides is 1. The van der Waals surface area contributed by atoms with Crippen molar-refractivity contribution < 1.29 is 4.79 Å². The zero-order valence-electron chi connectivity index (χ0n) is 11.0. The Bertz CT molecular complexity index is 384. The number of alkyl halides is 1. The predicted octanol–water partition coefficient (Wildman–Crippen LogP) is 3.02. The van der Waals surface area contributed by atoms with E-state index in [1.165, 1.54) is 11.3 Å². The Kier molecular flexibility index (Phi) is 7.04. The molecule has 0 aliphatic carbocycles. The highest BCUT2D eigenvalue weighted by molar-refractivity contribution is 7.98. The Hall–Kier alpha value is -0.260. The van der Waals surface area contributed by atoms with E-state index < -0.39 is 0 Å². The number of halogens is 1. The number of aromatic nitrogens is 1. The van der Waals surface area contributed by atoms with Crippen molar-refractivity contribution in [1.82, 2.24) is 9.88 Å². The average Bonchev–Trinajstić information content (AvgIpc) is 2.82. The van der Waals surface area contributed by atoms with Crippen LogP contribution in [0.15, 0.2) is 5.38 Å². The average molecular weight is 307 g/mol. The Morgan fingerprint density at radius 2 is 2.39 bits per heavy atom. The van der Waals surface area contributed by atoms with Crippen LogP contribution in [0.5, 0.6) is 0 Å². The predicted molar refractivity (Wildman–Crippen MR) is 80.6 cm³/mol. The zero-order valence-corrected chi connectivity index (χ0v) is 13.4. The van der Waals surface area contributed by atoms with Crippen LogP contribution in [0.1, 0.15) is 24.0 Å². The Morgan fingerprint density at radius 1 is 1.67 bits per heavy atom. The van der Waals surface area contributed by atoms with E-state index >= 15 is 0 Å². The van der Waals surface area contributed by atoms with E-state index in [1.807, 2.05) is 17.3 Å². The summed E-state index contributed by atoms with van der Waals surface area (Å²) in [6, 6.07) is 0.275. The maximum absolute atomic E-state index is 12.1. The second kappa shape index (κ2) is 8.02. The van der Waals surface area contributed by atoms with E-state index in [1.54, 1.807) is 11.8 Å². The van der Waals surface area contributed by atoms with Gasteiger partial charge in [-0.2, -0.15) is 11.8 Å². The van der Waals surface area contributed by atoms with E-state index in [4.69, 9.17) is 11.6 Å². The fourth-order valence-corrected chi connectivity index (χ4v) is 3.06. The lowest BCUT2D eigenvalue weighted by Gasteiger charge is -2.24. The number of thiazole rings is 1. The largest absolute Gasteiger partial charge is 0.343 e. The fraction of sp³-hybridized carbons (Fsp3) is 0.667. The molecule has 0 N–H and O–H groups in total. The van der Waals surface area contributed by atoms with Gasteiger partial charge in [-0.05, 0) is 25.4 Å². The number of carbonyl (C=O) groups is 1. The van der Waals surface area contributed by atoms with Crippen LogP contribution in [0.4, 0.5) is 0 Å². The van der Waals surface area contributed by atoms with Gasteiger partial charge in [-0.1, -0.05) is 0 Å². The number of thioether (sulfide) groups is 1. The molecule has 102 valence electrons. The standard InChI is InChI=1S/C12H19ClN2OS2/c1-9(4-5-17-3)15(2)12(16)6-11-14-10(7-13)8-18-11/h8-9H,4-7H2,1-3H3. The topological polar surface area (TPSA) is 33.2 Å². The molecule has 0 fully saturated rings. The number of nitrogens with zero attached hydrogens (tertiary/aromatic N) is 2. The first kappa shape index (κ1) is 15.8. The molecule has 0 aliphatic heterocycles. The minimum Gasteiger partial charge on any atom is -0.343 e. The molecule has 3 nitrogen and oxygen atoms in total. The highest BCUT2D eigenvalue weighted by Crippen LogP contribution is 2.14. The van der Waals surface area contributed by atoms with Crippen molar-refractivity contribution >= 4 is 40.6 Å². The lowest BCUT2D eigenvalue weighted by Crippen LogP contribution is -2.36. The molecule has 1 amide bonds. The summed E-state index contributed by atoms with van der Waals surface area (Å²) in [5, 5.41) is 2.76. The van der Waals surface area contributed by atoms with Crippen LogP contribution in [0.2, 0.25) is 0 Å². The van der Waals surface area contributed by atoms with Gasteiger partial charge < -0.3 is 4.90 Å². The minimum absolute atomic E-state index is 0.124. The molecular formula is C12H19ClN2OS2. The second-order valence-corrected chi connectivity index (χ2v) is 6.37. The van der Waals surface area contributed by atoms with Gasteiger partial charge in [-0.3, -0.25) is 4.79 Å². The van der Waals surface area contributed by atoms with Crippen molar-refractivity contribution in [3.63, 3.8) is 0 Å². The first-order chi connectivity index (χ1) is 8.58. The summed E-state index contributed by atoms with van der Waals surface area (Å²) >= 11 is 9.00. The molecule has 0 saturated heterocycles. The summed E-state index contributed by atoms with van der Waals surface area (Å²) in [6.45, 7) is 2.08. The molecule has 0 spiro atoms. The van der Waals surface area contributed by atoms with E-state index in [9.17, 15) is 4.79 Å². The molecule has 18 heavy (non-hydrogen) atoms. The lowest BCUT2D eigenvalue weighted by atomic mass is 10.2. The van der Waals surface area contributed by atoms with Gasteiger partial charge in [0.05, 0.1) is 18.0 Å². The van der Waals surface area contributed by atoms with Crippen molar-refractivity contribution in [2.45, 2.75) is 31.7 Å². The smallest absolute Gasteiger partial charge is 0.229 e. The van der Waals surface area contributed by atoms with Crippen molar-refractivity contribution in [2.75, 3.05) is 19.1 Å². The van der Waals surface area contributed by atoms with Crippen molar-refractivity contribution in [3.8, 4) is 0 Å². The first-order valence-corrected chi connectivity index (χ1v) is 8.63. The number of carbonyl (C=O) groups excluding carboxylic acids is 1. The molecule has 1 aromatic rings. The molecule has 1 aromatic heterocycles. The van der Waals surface area contributed by atoms with Crippen LogP contribution >= 0.6 is 34.7 Å². The quantitative estimate of drug-likeness (QED) is 0.726. The number of hydrogen-bond acceptors (Lipinski definition) is 4. The van der Waals surface area contributed by atoms with Gasteiger partial charge in [0.1, 0.15) is 5.01 Å². The van der Waals surface area contributed by atoms with E-state index in [-0.39, 0.29) is 11.9 Å². The third-order valence-electron chi connectivity index (χ3n) is 2.83. The van der Waals surface area contributed by atoms with E-state index in [0.717, 1.165) is 22.9 Å².